The number of halogens is 1. The lowest BCUT2D eigenvalue weighted by atomic mass is 10.1. The molecule has 0 bridgehead atoms. The monoisotopic (exact) mass is 276 g/mol. The first-order valence-electron chi connectivity index (χ1n) is 5.75. The quantitative estimate of drug-likeness (QED) is 0.901. The van der Waals surface area contributed by atoms with Crippen LogP contribution in [0.2, 0.25) is 5.02 Å². The van der Waals surface area contributed by atoms with E-state index in [1.165, 1.54) is 6.07 Å². The molecule has 0 fully saturated rings. The van der Waals surface area contributed by atoms with Crippen LogP contribution >= 0.6 is 11.6 Å². The Kier molecular flexibility index (Phi) is 3.76. The number of carboxylic acids is 1. The van der Waals surface area contributed by atoms with E-state index in [-0.39, 0.29) is 5.56 Å². The molecule has 0 heterocycles. The second kappa shape index (κ2) is 5.33. The number of aryl methyl sites for hydroxylation is 2. The van der Waals surface area contributed by atoms with Gasteiger partial charge in [0.2, 0.25) is 0 Å². The summed E-state index contributed by atoms with van der Waals surface area (Å²) in [6, 6.07) is 10.3. The summed E-state index contributed by atoms with van der Waals surface area (Å²) in [6.45, 7) is 3.79. The average molecular weight is 277 g/mol. The summed E-state index contributed by atoms with van der Waals surface area (Å²) >= 11 is 6.05. The van der Waals surface area contributed by atoms with Gasteiger partial charge in [0, 0.05) is 0 Å². The molecule has 0 aromatic heterocycles. The third kappa shape index (κ3) is 3.06. The second-order valence-electron chi connectivity index (χ2n) is 4.34. The Balaban J connectivity index is 2.45. The molecule has 1 N–H and O–H groups in total. The average Bonchev–Trinajstić information content (AvgIpc) is 2.33. The van der Waals surface area contributed by atoms with E-state index in [1.807, 2.05) is 19.9 Å². The fourth-order valence-electron chi connectivity index (χ4n) is 1.70. The van der Waals surface area contributed by atoms with Crippen molar-refractivity contribution >= 4 is 17.6 Å². The van der Waals surface area contributed by atoms with Gasteiger partial charge in [-0.1, -0.05) is 23.7 Å². The third-order valence-corrected chi connectivity index (χ3v) is 2.99. The Morgan fingerprint density at radius 2 is 1.63 bits per heavy atom. The number of carbonyl (C=O) groups is 1. The van der Waals surface area contributed by atoms with Gasteiger partial charge in [-0.2, -0.15) is 0 Å². The van der Waals surface area contributed by atoms with Crippen LogP contribution < -0.4 is 4.74 Å². The van der Waals surface area contributed by atoms with Crippen molar-refractivity contribution < 1.29 is 14.6 Å². The summed E-state index contributed by atoms with van der Waals surface area (Å²) in [5, 5.41) is 9.59. The molecule has 0 saturated heterocycles. The van der Waals surface area contributed by atoms with Gasteiger partial charge in [-0.05, 0) is 49.2 Å². The topological polar surface area (TPSA) is 46.5 Å². The Labute approximate surface area is 116 Å². The van der Waals surface area contributed by atoms with E-state index in [2.05, 4.69) is 0 Å². The molecule has 0 aliphatic carbocycles. The maximum absolute atomic E-state index is 11.2. The molecule has 2 aromatic carbocycles. The van der Waals surface area contributed by atoms with E-state index in [1.54, 1.807) is 24.3 Å². The molecule has 0 aliphatic heterocycles. The van der Waals surface area contributed by atoms with Crippen molar-refractivity contribution in [1.29, 1.82) is 0 Å². The lowest BCUT2D eigenvalue weighted by molar-refractivity contribution is 0.0694. The summed E-state index contributed by atoms with van der Waals surface area (Å²) in [5.41, 5.74) is 2.02. The van der Waals surface area contributed by atoms with Crippen molar-refractivity contribution in [2.45, 2.75) is 13.8 Å². The van der Waals surface area contributed by atoms with E-state index < -0.39 is 5.97 Å². The van der Waals surface area contributed by atoms with Gasteiger partial charge in [0.1, 0.15) is 17.1 Å². The van der Waals surface area contributed by atoms with Crippen molar-refractivity contribution in [2.75, 3.05) is 0 Å². The molecule has 4 heteroatoms. The largest absolute Gasteiger partial charge is 0.478 e. The molecule has 0 radical (unpaired) electrons. The molecule has 0 aliphatic rings. The molecule has 3 nitrogen and oxygen atoms in total. The minimum atomic E-state index is -1.03. The number of rotatable bonds is 3. The minimum absolute atomic E-state index is 0.114. The molecule has 19 heavy (non-hydrogen) atoms. The van der Waals surface area contributed by atoms with Crippen LogP contribution in [0.5, 0.6) is 11.5 Å². The van der Waals surface area contributed by atoms with Crippen LogP contribution in [0.1, 0.15) is 21.5 Å². The molecule has 0 saturated carbocycles. The van der Waals surface area contributed by atoms with Gasteiger partial charge in [-0.25, -0.2) is 4.79 Å². The minimum Gasteiger partial charge on any atom is -0.478 e. The van der Waals surface area contributed by atoms with Crippen molar-refractivity contribution in [2.24, 2.45) is 0 Å². The zero-order valence-electron chi connectivity index (χ0n) is 10.6. The number of carboxylic acid groups (broad SMARTS) is 1. The molecule has 0 atom stereocenters. The van der Waals surface area contributed by atoms with Crippen LogP contribution in [0.15, 0.2) is 36.4 Å². The smallest absolute Gasteiger partial charge is 0.339 e. The lowest BCUT2D eigenvalue weighted by Gasteiger charge is -2.11. The molecule has 2 rings (SSSR count). The maximum atomic E-state index is 11.2. The van der Waals surface area contributed by atoms with Crippen molar-refractivity contribution in [3.8, 4) is 11.5 Å². The highest BCUT2D eigenvalue weighted by Crippen LogP contribution is 2.32. The Morgan fingerprint density at radius 1 is 1.05 bits per heavy atom. The van der Waals surface area contributed by atoms with E-state index in [9.17, 15) is 4.79 Å². The molecule has 2 aromatic rings. The van der Waals surface area contributed by atoms with Crippen LogP contribution in [0, 0.1) is 13.8 Å². The Hall–Kier alpha value is -2.00. The van der Waals surface area contributed by atoms with E-state index in [4.69, 9.17) is 21.4 Å². The van der Waals surface area contributed by atoms with Crippen LogP contribution in [0.3, 0.4) is 0 Å². The van der Waals surface area contributed by atoms with Crippen molar-refractivity contribution in [3.05, 3.63) is 58.1 Å². The van der Waals surface area contributed by atoms with Crippen LogP contribution in [0.4, 0.5) is 0 Å². The van der Waals surface area contributed by atoms with Crippen LogP contribution in [-0.2, 0) is 0 Å². The fourth-order valence-corrected chi connectivity index (χ4v) is 1.85. The summed E-state index contributed by atoms with van der Waals surface area (Å²) in [6.07, 6.45) is 0. The second-order valence-corrected chi connectivity index (χ2v) is 4.75. The van der Waals surface area contributed by atoms with Crippen molar-refractivity contribution in [3.63, 3.8) is 0 Å². The Morgan fingerprint density at radius 3 is 2.26 bits per heavy atom. The first-order valence-corrected chi connectivity index (χ1v) is 6.13. The standard InChI is InChI=1S/C15H13ClO3/c1-9-3-5-11(15(17)18)13(7-9)19-14-8-10(2)4-6-12(14)16/h3-8H,1-2H3,(H,17,18). The summed E-state index contributed by atoms with van der Waals surface area (Å²) in [5.74, 6) is -0.284. The molecule has 0 amide bonds. The summed E-state index contributed by atoms with van der Waals surface area (Å²) in [4.78, 5) is 11.2. The van der Waals surface area contributed by atoms with Gasteiger partial charge in [0.15, 0.2) is 0 Å². The number of benzene rings is 2. The molecule has 0 unspecified atom stereocenters. The zero-order valence-corrected chi connectivity index (χ0v) is 11.4. The molecule has 98 valence electrons. The lowest BCUT2D eigenvalue weighted by Crippen LogP contribution is -2.00. The number of aromatic carboxylic acids is 1. The van der Waals surface area contributed by atoms with E-state index in [0.29, 0.717) is 16.5 Å². The highest BCUT2D eigenvalue weighted by Gasteiger charge is 2.13. The van der Waals surface area contributed by atoms with Gasteiger partial charge in [-0.15, -0.1) is 0 Å². The number of ether oxygens (including phenoxy) is 1. The first kappa shape index (κ1) is 13.4. The van der Waals surface area contributed by atoms with Gasteiger partial charge in [-0.3, -0.25) is 0 Å². The zero-order chi connectivity index (χ0) is 14.0. The first-order chi connectivity index (χ1) is 8.97. The van der Waals surface area contributed by atoms with E-state index >= 15 is 0 Å². The van der Waals surface area contributed by atoms with Gasteiger partial charge in [0.05, 0.1) is 5.02 Å². The van der Waals surface area contributed by atoms with Crippen molar-refractivity contribution in [1.82, 2.24) is 0 Å². The van der Waals surface area contributed by atoms with Crippen LogP contribution in [0.25, 0.3) is 0 Å². The Bertz CT molecular complexity index is 635. The molecular weight excluding hydrogens is 264 g/mol. The highest BCUT2D eigenvalue weighted by atomic mass is 35.5. The summed E-state index contributed by atoms with van der Waals surface area (Å²) in [7, 11) is 0. The number of hydrogen-bond acceptors (Lipinski definition) is 2. The van der Waals surface area contributed by atoms with Gasteiger partial charge < -0.3 is 9.84 Å². The van der Waals surface area contributed by atoms with Gasteiger partial charge in [0.25, 0.3) is 0 Å². The molecule has 0 spiro atoms. The summed E-state index contributed by atoms with van der Waals surface area (Å²) < 4.78 is 5.65. The predicted molar refractivity (Wildman–Crippen MR) is 74.4 cm³/mol. The normalized spacial score (nSPS) is 10.3. The van der Waals surface area contributed by atoms with Gasteiger partial charge >= 0.3 is 5.97 Å². The van der Waals surface area contributed by atoms with E-state index in [0.717, 1.165) is 11.1 Å². The van der Waals surface area contributed by atoms with Crippen LogP contribution in [-0.4, -0.2) is 11.1 Å². The molecular formula is C15H13ClO3. The predicted octanol–water partition coefficient (Wildman–Crippen LogP) is 4.45. The fraction of sp³-hybridized carbons (Fsp3) is 0.133. The highest BCUT2D eigenvalue weighted by molar-refractivity contribution is 6.32. The third-order valence-electron chi connectivity index (χ3n) is 2.67. The SMILES string of the molecule is Cc1ccc(Cl)c(Oc2cc(C)ccc2C(=O)O)c1. The maximum Gasteiger partial charge on any atom is 0.339 e. The number of hydrogen-bond donors (Lipinski definition) is 1.